The molecule has 4 nitrogen and oxygen atoms in total. The van der Waals surface area contributed by atoms with Crippen molar-refractivity contribution in [1.82, 2.24) is 20.1 Å². The lowest BCUT2D eigenvalue weighted by Gasteiger charge is -2.20. The molecule has 0 spiro atoms. The van der Waals surface area contributed by atoms with Crippen LogP contribution in [0.3, 0.4) is 0 Å². The van der Waals surface area contributed by atoms with E-state index < -0.39 is 0 Å². The van der Waals surface area contributed by atoms with Crippen molar-refractivity contribution >= 4 is 0 Å². The van der Waals surface area contributed by atoms with Crippen molar-refractivity contribution in [3.63, 3.8) is 0 Å². The van der Waals surface area contributed by atoms with Gasteiger partial charge in [0, 0.05) is 19.4 Å². The molecule has 1 N–H and O–H groups in total. The molecule has 1 saturated heterocycles. The molecule has 0 radical (unpaired) electrons. The first kappa shape index (κ1) is 10.3. The van der Waals surface area contributed by atoms with Crippen LogP contribution in [0.2, 0.25) is 0 Å². The highest BCUT2D eigenvalue weighted by molar-refractivity contribution is 5.01. The molecule has 2 unspecified atom stereocenters. The summed E-state index contributed by atoms with van der Waals surface area (Å²) in [6, 6.07) is 0. The number of nitrogens with zero attached hydrogens (tertiary/aromatic N) is 3. The van der Waals surface area contributed by atoms with Crippen LogP contribution in [0, 0.1) is 11.8 Å². The van der Waals surface area contributed by atoms with Crippen molar-refractivity contribution in [3.05, 3.63) is 11.6 Å². The van der Waals surface area contributed by atoms with Gasteiger partial charge >= 0.3 is 0 Å². The van der Waals surface area contributed by atoms with E-state index in [1.165, 1.54) is 31.0 Å². The van der Waals surface area contributed by atoms with Gasteiger partial charge < -0.3 is 9.88 Å². The zero-order chi connectivity index (χ0) is 11.0. The molecule has 3 rings (SSSR count). The van der Waals surface area contributed by atoms with E-state index >= 15 is 0 Å². The van der Waals surface area contributed by atoms with E-state index in [4.69, 9.17) is 0 Å². The van der Waals surface area contributed by atoms with Gasteiger partial charge in [-0.1, -0.05) is 6.92 Å². The normalized spacial score (nSPS) is 29.3. The highest BCUT2D eigenvalue weighted by atomic mass is 15.3. The minimum Gasteiger partial charge on any atom is -0.316 e. The van der Waals surface area contributed by atoms with Crippen molar-refractivity contribution in [2.45, 2.75) is 39.2 Å². The van der Waals surface area contributed by atoms with Crippen LogP contribution in [0.25, 0.3) is 0 Å². The molecule has 1 aromatic heterocycles. The van der Waals surface area contributed by atoms with Gasteiger partial charge in [-0.2, -0.15) is 0 Å². The highest BCUT2D eigenvalue weighted by Gasteiger charge is 2.23. The summed E-state index contributed by atoms with van der Waals surface area (Å²) in [5.41, 5.74) is 0. The lowest BCUT2D eigenvalue weighted by molar-refractivity contribution is 0.397. The average molecular weight is 220 g/mol. The minimum atomic E-state index is 0.771. The Kier molecular flexibility index (Phi) is 2.67. The van der Waals surface area contributed by atoms with E-state index in [-0.39, 0.29) is 0 Å². The number of aromatic nitrogens is 3. The predicted molar refractivity (Wildman–Crippen MR) is 62.2 cm³/mol. The maximum absolute atomic E-state index is 4.38. The van der Waals surface area contributed by atoms with Crippen LogP contribution in [0.5, 0.6) is 0 Å². The van der Waals surface area contributed by atoms with Crippen molar-refractivity contribution in [2.24, 2.45) is 11.8 Å². The zero-order valence-corrected chi connectivity index (χ0v) is 9.95. The summed E-state index contributed by atoms with van der Waals surface area (Å²) in [5.74, 6) is 3.97. The fraction of sp³-hybridized carbons (Fsp3) is 0.833. The summed E-state index contributed by atoms with van der Waals surface area (Å²) < 4.78 is 2.36. The quantitative estimate of drug-likeness (QED) is 0.809. The molecule has 4 heteroatoms. The van der Waals surface area contributed by atoms with Gasteiger partial charge in [-0.05, 0) is 37.8 Å². The van der Waals surface area contributed by atoms with Gasteiger partial charge in [-0.15, -0.1) is 10.2 Å². The topological polar surface area (TPSA) is 42.7 Å². The molecular formula is C12H20N4. The number of hydrogen-bond acceptors (Lipinski definition) is 3. The number of fused-ring (bicyclic) bond motifs is 1. The van der Waals surface area contributed by atoms with Gasteiger partial charge in [0.2, 0.25) is 0 Å². The predicted octanol–water partition coefficient (Wildman–Crippen LogP) is 1.01. The van der Waals surface area contributed by atoms with Crippen LogP contribution in [0.15, 0.2) is 0 Å². The van der Waals surface area contributed by atoms with Crippen molar-refractivity contribution in [3.8, 4) is 0 Å². The third-order valence-electron chi connectivity index (χ3n) is 3.91. The third-order valence-corrected chi connectivity index (χ3v) is 3.91. The van der Waals surface area contributed by atoms with Gasteiger partial charge in [0.25, 0.3) is 0 Å². The molecule has 16 heavy (non-hydrogen) atoms. The van der Waals surface area contributed by atoms with Gasteiger partial charge in [0.1, 0.15) is 11.6 Å². The summed E-state index contributed by atoms with van der Waals surface area (Å²) >= 11 is 0. The second-order valence-electron chi connectivity index (χ2n) is 5.35. The Morgan fingerprint density at radius 3 is 3.12 bits per heavy atom. The summed E-state index contributed by atoms with van der Waals surface area (Å²) in [6.07, 6.45) is 4.78. The lowest BCUT2D eigenvalue weighted by atomic mass is 9.99. The van der Waals surface area contributed by atoms with Crippen LogP contribution in [-0.2, 0) is 19.4 Å². The number of hydrogen-bond donors (Lipinski definition) is 1. The fourth-order valence-corrected chi connectivity index (χ4v) is 2.84. The first-order chi connectivity index (χ1) is 7.83. The summed E-state index contributed by atoms with van der Waals surface area (Å²) in [5, 5.41) is 12.1. The molecule has 1 fully saturated rings. The SMILES string of the molecule is CC1CCn2c(nnc2CC2CCNC2)C1. The largest absolute Gasteiger partial charge is 0.316 e. The van der Waals surface area contributed by atoms with Gasteiger partial charge in [-0.25, -0.2) is 0 Å². The summed E-state index contributed by atoms with van der Waals surface area (Å²) in [6.45, 7) is 5.75. The molecule has 2 aliphatic rings. The van der Waals surface area contributed by atoms with Crippen LogP contribution >= 0.6 is 0 Å². The molecule has 88 valence electrons. The van der Waals surface area contributed by atoms with Gasteiger partial charge in [0.05, 0.1) is 0 Å². The van der Waals surface area contributed by atoms with Crippen LogP contribution in [0.1, 0.15) is 31.4 Å². The average Bonchev–Trinajstić information content (AvgIpc) is 2.89. The molecule has 1 aromatic rings. The van der Waals surface area contributed by atoms with E-state index in [0.29, 0.717) is 0 Å². The molecule has 3 heterocycles. The number of rotatable bonds is 2. The van der Waals surface area contributed by atoms with E-state index in [1.807, 2.05) is 0 Å². The van der Waals surface area contributed by atoms with Crippen molar-refractivity contribution in [2.75, 3.05) is 13.1 Å². The second kappa shape index (κ2) is 4.17. The maximum atomic E-state index is 4.38. The fourth-order valence-electron chi connectivity index (χ4n) is 2.84. The Balaban J connectivity index is 1.75. The molecule has 0 aliphatic carbocycles. The van der Waals surface area contributed by atoms with E-state index in [9.17, 15) is 0 Å². The lowest BCUT2D eigenvalue weighted by Crippen LogP contribution is -2.20. The summed E-state index contributed by atoms with van der Waals surface area (Å²) in [4.78, 5) is 0. The molecule has 0 bridgehead atoms. The second-order valence-corrected chi connectivity index (χ2v) is 5.35. The smallest absolute Gasteiger partial charge is 0.133 e. The standard InChI is InChI=1S/C12H20N4/c1-9-3-5-16-11(6-9)14-15-12(16)7-10-2-4-13-8-10/h9-10,13H,2-8H2,1H3. The van der Waals surface area contributed by atoms with Crippen molar-refractivity contribution < 1.29 is 0 Å². The summed E-state index contributed by atoms with van der Waals surface area (Å²) in [7, 11) is 0. The van der Waals surface area contributed by atoms with E-state index in [1.54, 1.807) is 0 Å². The zero-order valence-electron chi connectivity index (χ0n) is 9.95. The van der Waals surface area contributed by atoms with Crippen molar-refractivity contribution in [1.29, 1.82) is 0 Å². The monoisotopic (exact) mass is 220 g/mol. The Morgan fingerprint density at radius 1 is 1.38 bits per heavy atom. The molecule has 0 amide bonds. The third kappa shape index (κ3) is 1.86. The first-order valence-corrected chi connectivity index (χ1v) is 6.44. The molecular weight excluding hydrogens is 200 g/mol. The Morgan fingerprint density at radius 2 is 2.31 bits per heavy atom. The number of nitrogens with one attached hydrogen (secondary N) is 1. The van der Waals surface area contributed by atoms with Crippen LogP contribution < -0.4 is 5.32 Å². The minimum absolute atomic E-state index is 0.771. The Labute approximate surface area is 96.4 Å². The highest BCUT2D eigenvalue weighted by Crippen LogP contribution is 2.22. The van der Waals surface area contributed by atoms with E-state index in [2.05, 4.69) is 27.0 Å². The van der Waals surface area contributed by atoms with Gasteiger partial charge in [0.15, 0.2) is 0 Å². The molecule has 0 aromatic carbocycles. The first-order valence-electron chi connectivity index (χ1n) is 6.44. The molecule has 2 atom stereocenters. The maximum Gasteiger partial charge on any atom is 0.133 e. The molecule has 2 aliphatic heterocycles. The Bertz CT molecular complexity index is 365. The Hall–Kier alpha value is -0.900. The van der Waals surface area contributed by atoms with E-state index in [0.717, 1.165) is 37.8 Å². The van der Waals surface area contributed by atoms with Crippen LogP contribution in [-0.4, -0.2) is 27.9 Å². The van der Waals surface area contributed by atoms with Gasteiger partial charge in [-0.3, -0.25) is 0 Å². The van der Waals surface area contributed by atoms with Crippen LogP contribution in [0.4, 0.5) is 0 Å². The molecule has 0 saturated carbocycles.